The molecule has 1 N–H and O–H groups in total. The van der Waals surface area contributed by atoms with Crippen molar-refractivity contribution in [2.24, 2.45) is 0 Å². The lowest BCUT2D eigenvalue weighted by atomic mass is 9.91. The Morgan fingerprint density at radius 3 is 2.28 bits per heavy atom. The van der Waals surface area contributed by atoms with Crippen LogP contribution in [-0.2, 0) is 15.1 Å². The molecule has 6 nitrogen and oxygen atoms in total. The van der Waals surface area contributed by atoms with Gasteiger partial charge in [-0.05, 0) is 19.4 Å². The minimum atomic E-state index is -1.17. The lowest BCUT2D eigenvalue weighted by Gasteiger charge is -2.24. The number of nitrogens with one attached hydrogen (secondary N) is 1. The average molecular weight is 341 g/mol. The van der Waals surface area contributed by atoms with Crippen molar-refractivity contribution in [1.29, 1.82) is 0 Å². The van der Waals surface area contributed by atoms with Gasteiger partial charge in [-0.3, -0.25) is 14.5 Å². The maximum absolute atomic E-state index is 12.8. The van der Waals surface area contributed by atoms with Gasteiger partial charge in [-0.25, -0.2) is 4.79 Å². The largest absolute Gasteiger partial charge is 0.334 e. The fourth-order valence-electron chi connectivity index (χ4n) is 2.75. The van der Waals surface area contributed by atoms with Gasteiger partial charge in [0.1, 0.15) is 12.1 Å². The Hall–Kier alpha value is -2.89. The van der Waals surface area contributed by atoms with E-state index in [1.807, 2.05) is 19.1 Å². The Morgan fingerprint density at radius 1 is 1.20 bits per heavy atom. The molecule has 0 saturated carbocycles. The number of imide groups is 1. The summed E-state index contributed by atoms with van der Waals surface area (Å²) in [6.45, 7) is 11.1. The van der Waals surface area contributed by atoms with Gasteiger partial charge in [0.15, 0.2) is 0 Å². The first kappa shape index (κ1) is 18.4. The standard InChI is InChI=1S/C19H23N3O3/c1-5-11-21(12-6-2)16(23)13-22-17(24)19(4,20-18(22)25)15-9-7-14(3)8-10-15/h5-10H,1-2,11-13H2,3-4H3,(H,20,25)/t19-/m1/s1. The van der Waals surface area contributed by atoms with Crippen LogP contribution in [0.25, 0.3) is 0 Å². The summed E-state index contributed by atoms with van der Waals surface area (Å²) >= 11 is 0. The van der Waals surface area contributed by atoms with Crippen molar-refractivity contribution < 1.29 is 14.4 Å². The maximum atomic E-state index is 12.8. The normalized spacial score (nSPS) is 19.5. The number of carbonyl (C=O) groups excluding carboxylic acids is 3. The SMILES string of the molecule is C=CCN(CC=C)C(=O)CN1C(=O)N[C@](C)(c2ccc(C)cc2)C1=O. The minimum Gasteiger partial charge on any atom is -0.334 e. The molecule has 25 heavy (non-hydrogen) atoms. The highest BCUT2D eigenvalue weighted by Crippen LogP contribution is 2.28. The van der Waals surface area contributed by atoms with Crippen molar-refractivity contribution in [3.63, 3.8) is 0 Å². The predicted octanol–water partition coefficient (Wildman–Crippen LogP) is 1.96. The summed E-state index contributed by atoms with van der Waals surface area (Å²) in [6.07, 6.45) is 3.17. The molecule has 0 bridgehead atoms. The van der Waals surface area contributed by atoms with E-state index in [-0.39, 0.29) is 12.5 Å². The zero-order valence-corrected chi connectivity index (χ0v) is 14.6. The van der Waals surface area contributed by atoms with Gasteiger partial charge < -0.3 is 10.2 Å². The van der Waals surface area contributed by atoms with E-state index in [1.165, 1.54) is 4.90 Å². The van der Waals surface area contributed by atoms with Crippen LogP contribution in [0.3, 0.4) is 0 Å². The highest BCUT2D eigenvalue weighted by atomic mass is 16.2. The summed E-state index contributed by atoms with van der Waals surface area (Å²) in [5.41, 5.74) is 0.563. The van der Waals surface area contributed by atoms with Crippen molar-refractivity contribution >= 4 is 17.8 Å². The summed E-state index contributed by atoms with van der Waals surface area (Å²) in [5, 5.41) is 2.70. The van der Waals surface area contributed by atoms with Gasteiger partial charge in [0.2, 0.25) is 5.91 Å². The molecule has 1 heterocycles. The molecule has 1 aliphatic rings. The smallest absolute Gasteiger partial charge is 0.325 e. The van der Waals surface area contributed by atoms with E-state index in [0.717, 1.165) is 10.5 Å². The summed E-state index contributed by atoms with van der Waals surface area (Å²) in [4.78, 5) is 40.0. The van der Waals surface area contributed by atoms with E-state index in [2.05, 4.69) is 18.5 Å². The minimum absolute atomic E-state index is 0.312. The van der Waals surface area contributed by atoms with Gasteiger partial charge in [0.05, 0.1) is 0 Å². The summed E-state index contributed by atoms with van der Waals surface area (Å²) in [6, 6.07) is 6.80. The van der Waals surface area contributed by atoms with Crippen LogP contribution in [0.4, 0.5) is 4.79 Å². The molecule has 6 heteroatoms. The van der Waals surface area contributed by atoms with Crippen molar-refractivity contribution in [2.45, 2.75) is 19.4 Å². The molecule has 1 aromatic carbocycles. The molecular weight excluding hydrogens is 318 g/mol. The molecule has 0 aromatic heterocycles. The van der Waals surface area contributed by atoms with E-state index in [0.29, 0.717) is 18.7 Å². The fraction of sp³-hybridized carbons (Fsp3) is 0.316. The molecule has 0 spiro atoms. The first-order valence-corrected chi connectivity index (χ1v) is 8.04. The third-order valence-corrected chi connectivity index (χ3v) is 4.25. The average Bonchev–Trinajstić information content (AvgIpc) is 2.79. The van der Waals surface area contributed by atoms with Gasteiger partial charge in [-0.15, -0.1) is 13.2 Å². The van der Waals surface area contributed by atoms with Crippen LogP contribution in [-0.4, -0.2) is 47.3 Å². The second kappa shape index (κ2) is 7.34. The molecule has 0 unspecified atom stereocenters. The Kier molecular flexibility index (Phi) is 5.41. The topological polar surface area (TPSA) is 69.7 Å². The molecular formula is C19H23N3O3. The highest BCUT2D eigenvalue weighted by molar-refractivity contribution is 6.09. The van der Waals surface area contributed by atoms with Gasteiger partial charge in [-0.2, -0.15) is 0 Å². The Labute approximate surface area is 147 Å². The fourth-order valence-corrected chi connectivity index (χ4v) is 2.75. The Morgan fingerprint density at radius 2 is 1.76 bits per heavy atom. The van der Waals surface area contributed by atoms with Crippen molar-refractivity contribution in [2.75, 3.05) is 19.6 Å². The van der Waals surface area contributed by atoms with E-state index < -0.39 is 17.5 Å². The Bertz CT molecular complexity index is 701. The first-order valence-electron chi connectivity index (χ1n) is 8.04. The number of aryl methyl sites for hydroxylation is 1. The van der Waals surface area contributed by atoms with Crippen LogP contribution in [0.1, 0.15) is 18.1 Å². The summed E-state index contributed by atoms with van der Waals surface area (Å²) in [7, 11) is 0. The number of urea groups is 1. The number of amides is 4. The van der Waals surface area contributed by atoms with E-state index in [4.69, 9.17) is 0 Å². The molecule has 4 amide bonds. The molecule has 1 saturated heterocycles. The van der Waals surface area contributed by atoms with E-state index in [1.54, 1.807) is 31.2 Å². The van der Waals surface area contributed by atoms with E-state index in [9.17, 15) is 14.4 Å². The van der Waals surface area contributed by atoms with Crippen LogP contribution in [0.2, 0.25) is 0 Å². The quantitative estimate of drug-likeness (QED) is 0.609. The number of rotatable bonds is 7. The molecule has 1 atom stereocenters. The van der Waals surface area contributed by atoms with Crippen molar-refractivity contribution in [3.8, 4) is 0 Å². The third-order valence-electron chi connectivity index (χ3n) is 4.25. The van der Waals surface area contributed by atoms with Crippen LogP contribution in [0, 0.1) is 6.92 Å². The lowest BCUT2D eigenvalue weighted by Crippen LogP contribution is -2.44. The number of benzene rings is 1. The molecule has 2 rings (SSSR count). The van der Waals surface area contributed by atoms with Gasteiger partial charge in [0, 0.05) is 13.1 Å². The lowest BCUT2D eigenvalue weighted by molar-refractivity contribution is -0.138. The summed E-state index contributed by atoms with van der Waals surface area (Å²) in [5.74, 6) is -0.775. The zero-order chi connectivity index (χ0) is 18.6. The first-order chi connectivity index (χ1) is 11.8. The second-order valence-electron chi connectivity index (χ2n) is 6.19. The van der Waals surface area contributed by atoms with Crippen molar-refractivity contribution in [3.05, 3.63) is 60.7 Å². The van der Waals surface area contributed by atoms with Gasteiger partial charge in [-0.1, -0.05) is 42.0 Å². The van der Waals surface area contributed by atoms with Gasteiger partial charge in [0.25, 0.3) is 5.91 Å². The predicted molar refractivity (Wildman–Crippen MR) is 95.7 cm³/mol. The van der Waals surface area contributed by atoms with Crippen molar-refractivity contribution in [1.82, 2.24) is 15.1 Å². The molecule has 1 aromatic rings. The number of hydrogen-bond acceptors (Lipinski definition) is 3. The number of nitrogens with zero attached hydrogens (tertiary/aromatic N) is 2. The molecule has 1 fully saturated rings. The zero-order valence-electron chi connectivity index (χ0n) is 14.6. The molecule has 132 valence electrons. The second-order valence-corrected chi connectivity index (χ2v) is 6.19. The van der Waals surface area contributed by atoms with E-state index >= 15 is 0 Å². The van der Waals surface area contributed by atoms with Crippen LogP contribution >= 0.6 is 0 Å². The molecule has 0 radical (unpaired) electrons. The van der Waals surface area contributed by atoms with Crippen LogP contribution < -0.4 is 5.32 Å². The maximum Gasteiger partial charge on any atom is 0.325 e. The van der Waals surface area contributed by atoms with Crippen LogP contribution in [0.15, 0.2) is 49.6 Å². The van der Waals surface area contributed by atoms with Crippen LogP contribution in [0.5, 0.6) is 0 Å². The molecule has 0 aliphatic carbocycles. The highest BCUT2D eigenvalue weighted by Gasteiger charge is 2.49. The number of carbonyl (C=O) groups is 3. The Balaban J connectivity index is 2.20. The third kappa shape index (κ3) is 3.63. The monoisotopic (exact) mass is 341 g/mol. The number of hydrogen-bond donors (Lipinski definition) is 1. The summed E-state index contributed by atoms with van der Waals surface area (Å²) < 4.78 is 0. The van der Waals surface area contributed by atoms with Gasteiger partial charge >= 0.3 is 6.03 Å². The molecule has 1 aliphatic heterocycles.